The molecule has 2 aromatic rings. The lowest BCUT2D eigenvalue weighted by atomic mass is 9.81. The first-order valence-electron chi connectivity index (χ1n) is 8.90. The predicted octanol–water partition coefficient (Wildman–Crippen LogP) is 3.92. The van der Waals surface area contributed by atoms with Gasteiger partial charge in [-0.2, -0.15) is 0 Å². The van der Waals surface area contributed by atoms with Gasteiger partial charge in [-0.05, 0) is 36.8 Å². The number of rotatable bonds is 2. The fourth-order valence-electron chi connectivity index (χ4n) is 4.24. The Labute approximate surface area is 156 Å². The van der Waals surface area contributed by atoms with Crippen molar-refractivity contribution in [2.75, 3.05) is 31.1 Å². The van der Waals surface area contributed by atoms with Crippen LogP contribution in [0.1, 0.15) is 18.9 Å². The standard InChI is InChI=1S/C20H20ClFN2O2/c1-19(14-6-5-13(21)9-15(14)22)25-17-4-2-3-16(18(17)26-19)24-8-7-20(12-24)10-23-11-20/h2-6,9,23H,7-8,10-12H2,1H3. The first kappa shape index (κ1) is 16.2. The van der Waals surface area contributed by atoms with E-state index >= 15 is 0 Å². The SMILES string of the molecule is CC1(c2ccc(Cl)cc2F)Oc2cccc(N3CCC4(CNC4)C3)c2O1. The van der Waals surface area contributed by atoms with Gasteiger partial charge in [0, 0.05) is 43.5 Å². The Morgan fingerprint density at radius 3 is 2.73 bits per heavy atom. The van der Waals surface area contributed by atoms with E-state index in [1.807, 2.05) is 12.1 Å². The lowest BCUT2D eigenvalue weighted by Crippen LogP contribution is -2.54. The van der Waals surface area contributed by atoms with Crippen LogP contribution in [-0.4, -0.2) is 26.2 Å². The highest BCUT2D eigenvalue weighted by atomic mass is 35.5. The molecule has 2 fully saturated rings. The van der Waals surface area contributed by atoms with Crippen LogP contribution in [0.25, 0.3) is 0 Å². The Bertz CT molecular complexity index is 886. The molecule has 136 valence electrons. The minimum atomic E-state index is -1.21. The molecule has 1 atom stereocenters. The van der Waals surface area contributed by atoms with E-state index in [-0.39, 0.29) is 0 Å². The van der Waals surface area contributed by atoms with E-state index in [1.165, 1.54) is 12.5 Å². The largest absolute Gasteiger partial charge is 0.444 e. The zero-order valence-corrected chi connectivity index (χ0v) is 15.3. The van der Waals surface area contributed by atoms with Gasteiger partial charge in [-0.15, -0.1) is 0 Å². The molecule has 6 heteroatoms. The second-order valence-electron chi connectivity index (χ2n) is 7.65. The molecule has 0 saturated carbocycles. The molecule has 0 bridgehead atoms. The number of halogens is 2. The second-order valence-corrected chi connectivity index (χ2v) is 8.09. The number of nitrogens with one attached hydrogen (secondary N) is 1. The van der Waals surface area contributed by atoms with E-state index in [9.17, 15) is 4.39 Å². The number of anilines is 1. The monoisotopic (exact) mass is 374 g/mol. The minimum Gasteiger partial charge on any atom is -0.444 e. The van der Waals surface area contributed by atoms with Gasteiger partial charge in [0.2, 0.25) is 0 Å². The molecule has 0 aromatic heterocycles. The zero-order chi connectivity index (χ0) is 17.9. The van der Waals surface area contributed by atoms with Crippen molar-refractivity contribution in [3.63, 3.8) is 0 Å². The van der Waals surface area contributed by atoms with Crippen LogP contribution >= 0.6 is 11.6 Å². The maximum atomic E-state index is 14.5. The molecule has 0 aliphatic carbocycles. The first-order valence-corrected chi connectivity index (χ1v) is 9.28. The summed E-state index contributed by atoms with van der Waals surface area (Å²) in [5.41, 5.74) is 1.74. The summed E-state index contributed by atoms with van der Waals surface area (Å²) in [6.07, 6.45) is 1.17. The van der Waals surface area contributed by atoms with Crippen LogP contribution in [-0.2, 0) is 5.79 Å². The topological polar surface area (TPSA) is 33.7 Å². The lowest BCUT2D eigenvalue weighted by Gasteiger charge is -2.39. The van der Waals surface area contributed by atoms with Gasteiger partial charge in [-0.3, -0.25) is 0 Å². The predicted molar refractivity (Wildman–Crippen MR) is 98.6 cm³/mol. The highest BCUT2D eigenvalue weighted by Crippen LogP contribution is 2.51. The molecule has 26 heavy (non-hydrogen) atoms. The van der Waals surface area contributed by atoms with Crippen molar-refractivity contribution in [2.45, 2.75) is 19.1 Å². The van der Waals surface area contributed by atoms with Gasteiger partial charge in [0.25, 0.3) is 5.79 Å². The van der Waals surface area contributed by atoms with Crippen molar-refractivity contribution in [3.05, 3.63) is 52.8 Å². The first-order chi connectivity index (χ1) is 12.5. The number of fused-ring (bicyclic) bond motifs is 1. The fraction of sp³-hybridized carbons (Fsp3) is 0.400. The van der Waals surface area contributed by atoms with Crippen LogP contribution in [0.15, 0.2) is 36.4 Å². The number of hydrogen-bond acceptors (Lipinski definition) is 4. The summed E-state index contributed by atoms with van der Waals surface area (Å²) in [5, 5.41) is 3.73. The molecule has 2 aromatic carbocycles. The second kappa shape index (κ2) is 5.51. The van der Waals surface area contributed by atoms with Gasteiger partial charge in [0.05, 0.1) is 11.3 Å². The summed E-state index contributed by atoms with van der Waals surface area (Å²) in [5.74, 6) is -0.307. The van der Waals surface area contributed by atoms with Crippen molar-refractivity contribution in [1.29, 1.82) is 0 Å². The Balaban J connectivity index is 1.48. The number of nitrogens with zero attached hydrogens (tertiary/aromatic N) is 1. The van der Waals surface area contributed by atoms with Gasteiger partial charge in [-0.25, -0.2) is 4.39 Å². The number of para-hydroxylation sites is 1. The van der Waals surface area contributed by atoms with E-state index < -0.39 is 11.6 Å². The Hall–Kier alpha value is -1.98. The molecule has 3 aliphatic rings. The van der Waals surface area contributed by atoms with Gasteiger partial charge < -0.3 is 19.7 Å². The molecule has 1 unspecified atom stereocenters. The molecule has 0 amide bonds. The van der Waals surface area contributed by atoms with Gasteiger partial charge in [-0.1, -0.05) is 17.7 Å². The molecule has 3 heterocycles. The van der Waals surface area contributed by atoms with Crippen molar-refractivity contribution in [3.8, 4) is 11.5 Å². The van der Waals surface area contributed by atoms with Crippen LogP contribution in [0, 0.1) is 11.2 Å². The average molecular weight is 375 g/mol. The van der Waals surface area contributed by atoms with Crippen LogP contribution in [0.4, 0.5) is 10.1 Å². The van der Waals surface area contributed by atoms with Gasteiger partial charge in [0.1, 0.15) is 5.82 Å². The minimum absolute atomic E-state index is 0.338. The Kier molecular flexibility index (Phi) is 3.43. The average Bonchev–Trinajstić information content (AvgIpc) is 3.15. The molecular weight excluding hydrogens is 355 g/mol. The van der Waals surface area contributed by atoms with Crippen LogP contribution < -0.4 is 19.7 Å². The third kappa shape index (κ3) is 2.37. The summed E-state index contributed by atoms with van der Waals surface area (Å²) in [6.45, 7) is 5.89. The summed E-state index contributed by atoms with van der Waals surface area (Å²) in [6, 6.07) is 10.4. The van der Waals surface area contributed by atoms with Gasteiger partial charge in [0.15, 0.2) is 11.5 Å². The van der Waals surface area contributed by atoms with Crippen LogP contribution in [0.2, 0.25) is 5.02 Å². The van der Waals surface area contributed by atoms with E-state index in [4.69, 9.17) is 21.1 Å². The number of benzene rings is 2. The van der Waals surface area contributed by atoms with Gasteiger partial charge >= 0.3 is 0 Å². The summed E-state index contributed by atoms with van der Waals surface area (Å²) in [7, 11) is 0. The van der Waals surface area contributed by atoms with Crippen molar-refractivity contribution < 1.29 is 13.9 Å². The number of ether oxygens (including phenoxy) is 2. The maximum Gasteiger partial charge on any atom is 0.278 e. The van der Waals surface area contributed by atoms with Crippen molar-refractivity contribution in [2.24, 2.45) is 5.41 Å². The summed E-state index contributed by atoms with van der Waals surface area (Å²) in [4.78, 5) is 2.35. The molecule has 2 saturated heterocycles. The summed E-state index contributed by atoms with van der Waals surface area (Å²) < 4.78 is 26.7. The maximum absolute atomic E-state index is 14.5. The molecule has 0 radical (unpaired) electrons. The number of hydrogen-bond donors (Lipinski definition) is 1. The Morgan fingerprint density at radius 2 is 2.04 bits per heavy atom. The van der Waals surface area contributed by atoms with E-state index in [2.05, 4.69) is 16.3 Å². The highest BCUT2D eigenvalue weighted by molar-refractivity contribution is 6.30. The smallest absolute Gasteiger partial charge is 0.278 e. The van der Waals surface area contributed by atoms with E-state index in [0.717, 1.165) is 31.9 Å². The van der Waals surface area contributed by atoms with Crippen LogP contribution in [0.3, 0.4) is 0 Å². The Morgan fingerprint density at radius 1 is 1.19 bits per heavy atom. The highest BCUT2D eigenvalue weighted by Gasteiger charge is 2.46. The zero-order valence-electron chi connectivity index (χ0n) is 14.5. The molecule has 1 N–H and O–H groups in total. The van der Waals surface area contributed by atoms with Crippen LogP contribution in [0.5, 0.6) is 11.5 Å². The van der Waals surface area contributed by atoms with E-state index in [0.29, 0.717) is 27.5 Å². The molecule has 1 spiro atoms. The molecule has 3 aliphatic heterocycles. The van der Waals surface area contributed by atoms with E-state index in [1.54, 1.807) is 19.1 Å². The van der Waals surface area contributed by atoms with Crippen molar-refractivity contribution >= 4 is 17.3 Å². The quantitative estimate of drug-likeness (QED) is 0.863. The molecule has 4 nitrogen and oxygen atoms in total. The fourth-order valence-corrected chi connectivity index (χ4v) is 4.40. The third-order valence-electron chi connectivity index (χ3n) is 5.76. The molecular formula is C20H20ClFN2O2. The lowest BCUT2D eigenvalue weighted by molar-refractivity contribution is -0.0705. The van der Waals surface area contributed by atoms with Crippen molar-refractivity contribution in [1.82, 2.24) is 5.32 Å². The molecule has 5 rings (SSSR count). The third-order valence-corrected chi connectivity index (χ3v) is 5.99. The normalized spacial score (nSPS) is 25.6. The summed E-state index contributed by atoms with van der Waals surface area (Å²) >= 11 is 5.88.